The van der Waals surface area contributed by atoms with Crippen LogP contribution in [0.15, 0.2) is 46.2 Å². The van der Waals surface area contributed by atoms with Crippen LogP contribution < -0.4 is 5.32 Å². The van der Waals surface area contributed by atoms with E-state index < -0.39 is 37.9 Å². The van der Waals surface area contributed by atoms with Crippen LogP contribution in [0.2, 0.25) is 10.0 Å². The highest BCUT2D eigenvalue weighted by Gasteiger charge is 2.27. The first kappa shape index (κ1) is 25.3. The summed E-state index contributed by atoms with van der Waals surface area (Å²) < 4.78 is 0. The van der Waals surface area contributed by atoms with E-state index in [1.54, 1.807) is 24.3 Å². The molecule has 0 radical (unpaired) electrons. The zero-order valence-electron chi connectivity index (χ0n) is 15.0. The lowest BCUT2D eigenvalue weighted by molar-refractivity contribution is -0.136. The summed E-state index contributed by atoms with van der Waals surface area (Å²) in [6, 6.07) is 9.46. The fraction of sp³-hybridized carbons (Fsp3) is 0.278. The number of aromatic hydroxyl groups is 2. The maximum atomic E-state index is 10.1. The van der Waals surface area contributed by atoms with Gasteiger partial charge in [0.05, 0.1) is 41.7 Å². The molecule has 0 saturated carbocycles. The third kappa shape index (κ3) is 8.27. The molecule has 0 aliphatic carbocycles. The van der Waals surface area contributed by atoms with Crippen LogP contribution in [0.3, 0.4) is 0 Å². The van der Waals surface area contributed by atoms with Gasteiger partial charge in [0.15, 0.2) is 0 Å². The Morgan fingerprint density at radius 1 is 0.897 bits per heavy atom. The Labute approximate surface area is 181 Å². The van der Waals surface area contributed by atoms with E-state index in [-0.39, 0.29) is 11.5 Å². The van der Waals surface area contributed by atoms with Gasteiger partial charge in [0, 0.05) is 10.0 Å². The number of phenols is 2. The number of hydrogen-bond acceptors (Lipinski definition) is 8. The zero-order chi connectivity index (χ0) is 22.0. The van der Waals surface area contributed by atoms with E-state index in [1.807, 2.05) is 0 Å². The van der Waals surface area contributed by atoms with Crippen molar-refractivity contribution < 1.29 is 35.4 Å². The summed E-state index contributed by atoms with van der Waals surface area (Å²) in [5, 5.41) is 57.1. The number of benzene rings is 2. The smallest absolute Gasteiger partial charge is 0.317 e. The number of carboxylic acid groups (broad SMARTS) is 1. The molecule has 0 fully saturated rings. The number of aliphatic carboxylic acids is 1. The van der Waals surface area contributed by atoms with Crippen LogP contribution in [0.25, 0.3) is 0 Å². The van der Waals surface area contributed by atoms with Crippen LogP contribution in [0.5, 0.6) is 11.5 Å². The second kappa shape index (κ2) is 12.1. The Bertz CT molecular complexity index is 761. The molecular weight excluding hydrogens is 445 g/mol. The minimum absolute atomic E-state index is 0.110. The number of nitrogens with one attached hydrogen (secondary N) is 1. The minimum Gasteiger partial charge on any atom is -0.507 e. The predicted molar refractivity (Wildman–Crippen MR) is 110 cm³/mol. The molecule has 29 heavy (non-hydrogen) atoms. The van der Waals surface area contributed by atoms with E-state index >= 15 is 0 Å². The van der Waals surface area contributed by atoms with Crippen LogP contribution in [-0.2, 0) is 4.79 Å². The number of aliphatic hydroxyl groups excluding tert-OH is 3. The average molecular weight is 466 g/mol. The van der Waals surface area contributed by atoms with Crippen LogP contribution in [0, 0.1) is 0 Å². The topological polar surface area (TPSA) is 150 Å². The third-order valence-corrected chi connectivity index (χ3v) is 5.15. The number of aliphatic hydroxyl groups is 3. The van der Waals surface area contributed by atoms with E-state index in [1.165, 1.54) is 23.9 Å². The summed E-state index contributed by atoms with van der Waals surface area (Å²) in [6.45, 7) is -1.98. The maximum absolute atomic E-state index is 10.1. The SMILES string of the molecule is O=C(O)CNC(CO)(CO)CO.Oc1ccc(Cl)cc1Sc1cc(Cl)ccc1O. The highest BCUT2D eigenvalue weighted by molar-refractivity contribution is 7.99. The summed E-state index contributed by atoms with van der Waals surface area (Å²) >= 11 is 12.9. The van der Waals surface area contributed by atoms with E-state index in [9.17, 15) is 15.0 Å². The highest BCUT2D eigenvalue weighted by atomic mass is 35.5. The fourth-order valence-electron chi connectivity index (χ4n) is 1.84. The Kier molecular flexibility index (Phi) is 10.5. The van der Waals surface area contributed by atoms with Crippen molar-refractivity contribution in [3.63, 3.8) is 0 Å². The maximum Gasteiger partial charge on any atom is 0.317 e. The van der Waals surface area contributed by atoms with Gasteiger partial charge in [-0.25, -0.2) is 0 Å². The molecular formula is C18H21Cl2NO7S. The summed E-state index contributed by atoms with van der Waals surface area (Å²) in [5.41, 5.74) is -1.31. The van der Waals surface area contributed by atoms with Crippen molar-refractivity contribution in [1.29, 1.82) is 0 Å². The van der Waals surface area contributed by atoms with E-state index in [4.69, 9.17) is 43.6 Å². The Hall–Kier alpha value is -1.72. The Balaban J connectivity index is 0.000000311. The van der Waals surface area contributed by atoms with E-state index in [0.29, 0.717) is 19.8 Å². The lowest BCUT2D eigenvalue weighted by Crippen LogP contribution is -2.56. The molecule has 0 aromatic heterocycles. The molecule has 2 rings (SSSR count). The van der Waals surface area contributed by atoms with Gasteiger partial charge in [-0.3, -0.25) is 10.1 Å². The number of carboxylic acids is 1. The molecule has 0 spiro atoms. The van der Waals surface area contributed by atoms with Crippen molar-refractivity contribution in [3.05, 3.63) is 46.4 Å². The second-order valence-electron chi connectivity index (χ2n) is 5.83. The van der Waals surface area contributed by atoms with Gasteiger partial charge in [-0.15, -0.1) is 0 Å². The molecule has 0 saturated heterocycles. The fourth-order valence-corrected chi connectivity index (χ4v) is 3.27. The average Bonchev–Trinajstić information content (AvgIpc) is 2.69. The molecule has 0 unspecified atom stereocenters. The van der Waals surface area contributed by atoms with Crippen LogP contribution in [-0.4, -0.2) is 68.5 Å². The van der Waals surface area contributed by atoms with Gasteiger partial charge in [-0.2, -0.15) is 0 Å². The molecule has 2 aromatic rings. The second-order valence-corrected chi connectivity index (χ2v) is 7.78. The molecule has 11 heteroatoms. The standard InChI is InChI=1S/C12H8Cl2O2S.C6H13NO5/c13-7-1-3-9(15)11(5-7)17-12-6-8(14)2-4-10(12)16;8-2-6(3-9,4-10)7-1-5(11)12/h1-6,15-16H;7-10H,1-4H2,(H,11,12). The zero-order valence-corrected chi connectivity index (χ0v) is 17.4. The third-order valence-electron chi connectivity index (χ3n) is 3.59. The first-order valence-corrected chi connectivity index (χ1v) is 9.68. The highest BCUT2D eigenvalue weighted by Crippen LogP contribution is 2.40. The van der Waals surface area contributed by atoms with Gasteiger partial charge in [0.25, 0.3) is 0 Å². The molecule has 160 valence electrons. The number of rotatable bonds is 8. The minimum atomic E-state index is -1.31. The first-order valence-electron chi connectivity index (χ1n) is 8.10. The summed E-state index contributed by atoms with van der Waals surface area (Å²) in [7, 11) is 0. The molecule has 0 amide bonds. The normalized spacial score (nSPS) is 10.9. The van der Waals surface area contributed by atoms with Crippen LogP contribution in [0.1, 0.15) is 0 Å². The number of carbonyl (C=O) groups is 1. The van der Waals surface area contributed by atoms with Gasteiger partial charge in [0.2, 0.25) is 0 Å². The monoisotopic (exact) mass is 465 g/mol. The number of hydrogen-bond donors (Lipinski definition) is 7. The molecule has 0 aliphatic rings. The molecule has 7 N–H and O–H groups in total. The molecule has 0 heterocycles. The van der Waals surface area contributed by atoms with Crippen LogP contribution in [0.4, 0.5) is 0 Å². The lowest BCUT2D eigenvalue weighted by atomic mass is 10.0. The van der Waals surface area contributed by atoms with Crippen molar-refractivity contribution in [3.8, 4) is 11.5 Å². The Morgan fingerprint density at radius 3 is 1.66 bits per heavy atom. The van der Waals surface area contributed by atoms with Crippen molar-refractivity contribution in [1.82, 2.24) is 5.32 Å². The number of phenolic OH excluding ortho intramolecular Hbond substituents is 2. The first-order chi connectivity index (χ1) is 13.7. The van der Waals surface area contributed by atoms with Crippen molar-refractivity contribution in [2.45, 2.75) is 15.3 Å². The Morgan fingerprint density at radius 2 is 1.31 bits per heavy atom. The van der Waals surface area contributed by atoms with Gasteiger partial charge in [0.1, 0.15) is 11.5 Å². The van der Waals surface area contributed by atoms with Crippen molar-refractivity contribution in [2.75, 3.05) is 26.4 Å². The van der Waals surface area contributed by atoms with Gasteiger partial charge in [-0.1, -0.05) is 35.0 Å². The number of halogens is 2. The predicted octanol–water partition coefficient (Wildman–Crippen LogP) is 1.93. The summed E-state index contributed by atoms with van der Waals surface area (Å²) in [6.07, 6.45) is 0. The van der Waals surface area contributed by atoms with Crippen LogP contribution >= 0.6 is 35.0 Å². The van der Waals surface area contributed by atoms with Crippen molar-refractivity contribution >= 4 is 40.9 Å². The molecule has 0 bridgehead atoms. The summed E-state index contributed by atoms with van der Waals surface area (Å²) in [5.74, 6) is -0.896. The van der Waals surface area contributed by atoms with Crippen molar-refractivity contribution in [2.24, 2.45) is 0 Å². The molecule has 2 aromatic carbocycles. The molecule has 0 aliphatic heterocycles. The van der Waals surface area contributed by atoms with Gasteiger partial charge in [-0.05, 0) is 36.4 Å². The lowest BCUT2D eigenvalue weighted by Gasteiger charge is -2.27. The molecule has 8 nitrogen and oxygen atoms in total. The molecule has 0 atom stereocenters. The summed E-state index contributed by atoms with van der Waals surface area (Å²) in [4.78, 5) is 11.2. The largest absolute Gasteiger partial charge is 0.507 e. The van der Waals surface area contributed by atoms with E-state index in [0.717, 1.165) is 0 Å². The van der Waals surface area contributed by atoms with E-state index in [2.05, 4.69) is 5.32 Å². The van der Waals surface area contributed by atoms with Gasteiger partial charge >= 0.3 is 5.97 Å². The van der Waals surface area contributed by atoms with Gasteiger partial charge < -0.3 is 30.6 Å². The quantitative estimate of drug-likeness (QED) is 0.310.